The molecule has 5 heteroatoms. The molecule has 19 heavy (non-hydrogen) atoms. The minimum absolute atomic E-state index is 0.285. The first-order valence-corrected chi connectivity index (χ1v) is 6.95. The zero-order valence-corrected chi connectivity index (χ0v) is 11.7. The molecule has 1 aliphatic heterocycles. The summed E-state index contributed by atoms with van der Waals surface area (Å²) >= 11 is 0. The molecular formula is C14H22N4O. The Kier molecular flexibility index (Phi) is 4.71. The molecule has 0 unspecified atom stereocenters. The number of likely N-dealkylation sites (tertiary alicyclic amines) is 1. The third kappa shape index (κ3) is 4.19. The molecule has 1 aliphatic rings. The molecule has 0 radical (unpaired) electrons. The topological polar surface area (TPSA) is 58.1 Å². The Labute approximate surface area is 114 Å². The Bertz CT molecular complexity index is 399. The molecule has 2 rings (SSSR count). The molecule has 0 aliphatic carbocycles. The monoisotopic (exact) mass is 262 g/mol. The van der Waals surface area contributed by atoms with E-state index >= 15 is 0 Å². The summed E-state index contributed by atoms with van der Waals surface area (Å²) in [4.78, 5) is 22.2. The number of aromatic nitrogens is 2. The number of carbonyl (C=O) groups excluding carboxylic acids is 1. The molecule has 104 valence electrons. The van der Waals surface area contributed by atoms with Gasteiger partial charge in [0.25, 0.3) is 0 Å². The van der Waals surface area contributed by atoms with Crippen LogP contribution in [0.2, 0.25) is 0 Å². The van der Waals surface area contributed by atoms with Gasteiger partial charge >= 0.3 is 0 Å². The second-order valence-electron chi connectivity index (χ2n) is 5.49. The van der Waals surface area contributed by atoms with Gasteiger partial charge in [-0.05, 0) is 18.8 Å². The van der Waals surface area contributed by atoms with Crippen LogP contribution < -0.4 is 5.32 Å². The molecular weight excluding hydrogens is 240 g/mol. The van der Waals surface area contributed by atoms with E-state index in [-0.39, 0.29) is 5.91 Å². The van der Waals surface area contributed by atoms with Crippen molar-refractivity contribution in [2.24, 2.45) is 5.92 Å². The van der Waals surface area contributed by atoms with Crippen molar-refractivity contribution < 1.29 is 4.79 Å². The largest absolute Gasteiger partial charge is 0.366 e. The van der Waals surface area contributed by atoms with Gasteiger partial charge in [-0.25, -0.2) is 4.98 Å². The van der Waals surface area contributed by atoms with Gasteiger partial charge in [0.05, 0.1) is 6.20 Å². The van der Waals surface area contributed by atoms with Crippen molar-refractivity contribution in [3.63, 3.8) is 0 Å². The molecule has 1 fully saturated rings. The van der Waals surface area contributed by atoms with Crippen molar-refractivity contribution in [1.82, 2.24) is 14.9 Å². The third-order valence-corrected chi connectivity index (χ3v) is 3.35. The van der Waals surface area contributed by atoms with Gasteiger partial charge < -0.3 is 10.2 Å². The van der Waals surface area contributed by atoms with E-state index in [9.17, 15) is 4.79 Å². The van der Waals surface area contributed by atoms with E-state index in [0.29, 0.717) is 18.4 Å². The Morgan fingerprint density at radius 2 is 2.16 bits per heavy atom. The summed E-state index contributed by atoms with van der Waals surface area (Å²) in [6, 6.07) is 0.389. The van der Waals surface area contributed by atoms with Gasteiger partial charge in [-0.1, -0.05) is 13.8 Å². The Morgan fingerprint density at radius 3 is 2.74 bits per heavy atom. The van der Waals surface area contributed by atoms with Crippen LogP contribution in [-0.2, 0) is 4.79 Å². The molecule has 1 amide bonds. The van der Waals surface area contributed by atoms with Gasteiger partial charge in [0, 0.05) is 37.9 Å². The fourth-order valence-corrected chi connectivity index (χ4v) is 2.33. The summed E-state index contributed by atoms with van der Waals surface area (Å²) < 4.78 is 0. The van der Waals surface area contributed by atoms with Crippen molar-refractivity contribution in [2.45, 2.75) is 39.2 Å². The Hall–Kier alpha value is -1.65. The van der Waals surface area contributed by atoms with Crippen LogP contribution >= 0.6 is 0 Å². The maximum absolute atomic E-state index is 12.0. The van der Waals surface area contributed by atoms with Gasteiger partial charge in [0.15, 0.2) is 0 Å². The number of nitrogens with one attached hydrogen (secondary N) is 1. The van der Waals surface area contributed by atoms with Crippen LogP contribution in [0.25, 0.3) is 0 Å². The van der Waals surface area contributed by atoms with E-state index in [1.54, 1.807) is 18.6 Å². The summed E-state index contributed by atoms with van der Waals surface area (Å²) in [5.41, 5.74) is 0. The molecule has 1 aromatic rings. The molecule has 0 bridgehead atoms. The molecule has 0 aromatic carbocycles. The van der Waals surface area contributed by atoms with Crippen LogP contribution in [0.3, 0.4) is 0 Å². The predicted octanol–water partition coefficient (Wildman–Crippen LogP) is 1.93. The highest BCUT2D eigenvalue weighted by Gasteiger charge is 2.23. The summed E-state index contributed by atoms with van der Waals surface area (Å²) in [5.74, 6) is 1.53. The maximum atomic E-state index is 12.0. The van der Waals surface area contributed by atoms with Crippen LogP contribution in [-0.4, -0.2) is 39.9 Å². The van der Waals surface area contributed by atoms with Crippen molar-refractivity contribution in [3.8, 4) is 0 Å². The average Bonchev–Trinajstić information content (AvgIpc) is 2.40. The van der Waals surface area contributed by atoms with Crippen LogP contribution in [0.15, 0.2) is 18.6 Å². The van der Waals surface area contributed by atoms with E-state index in [0.717, 1.165) is 31.7 Å². The highest BCUT2D eigenvalue weighted by atomic mass is 16.2. The Balaban J connectivity index is 1.78. The standard InChI is InChI=1S/C14H22N4O/c1-11(2)9-14(19)18-7-3-12(4-8-18)17-13-10-15-5-6-16-13/h5-6,10-12H,3-4,7-9H2,1-2H3,(H,16,17). The summed E-state index contributed by atoms with van der Waals surface area (Å²) in [5, 5.41) is 3.37. The lowest BCUT2D eigenvalue weighted by Gasteiger charge is -2.33. The molecule has 2 heterocycles. The molecule has 1 N–H and O–H groups in total. The number of nitrogens with zero attached hydrogens (tertiary/aromatic N) is 3. The molecule has 5 nitrogen and oxygen atoms in total. The summed E-state index contributed by atoms with van der Waals surface area (Å²) in [6.07, 6.45) is 7.68. The minimum atomic E-state index is 0.285. The smallest absolute Gasteiger partial charge is 0.222 e. The number of rotatable bonds is 4. The van der Waals surface area contributed by atoms with Gasteiger partial charge in [0.2, 0.25) is 5.91 Å². The van der Waals surface area contributed by atoms with Gasteiger partial charge in [0.1, 0.15) is 5.82 Å². The first kappa shape index (κ1) is 13.8. The quantitative estimate of drug-likeness (QED) is 0.900. The van der Waals surface area contributed by atoms with Crippen LogP contribution in [0.5, 0.6) is 0 Å². The van der Waals surface area contributed by atoms with Crippen LogP contribution in [0.4, 0.5) is 5.82 Å². The van der Waals surface area contributed by atoms with E-state index in [4.69, 9.17) is 0 Å². The SMILES string of the molecule is CC(C)CC(=O)N1CCC(Nc2cnccn2)CC1. The molecule has 1 saturated heterocycles. The van der Waals surface area contributed by atoms with E-state index in [1.807, 2.05) is 4.90 Å². The second-order valence-corrected chi connectivity index (χ2v) is 5.49. The number of hydrogen-bond donors (Lipinski definition) is 1. The van der Waals surface area contributed by atoms with E-state index in [1.165, 1.54) is 0 Å². The van der Waals surface area contributed by atoms with Gasteiger partial charge in [-0.2, -0.15) is 0 Å². The van der Waals surface area contributed by atoms with Gasteiger partial charge in [-0.15, -0.1) is 0 Å². The van der Waals surface area contributed by atoms with Crippen molar-refractivity contribution in [2.75, 3.05) is 18.4 Å². The third-order valence-electron chi connectivity index (χ3n) is 3.35. The van der Waals surface area contributed by atoms with E-state index in [2.05, 4.69) is 29.1 Å². The molecule has 0 saturated carbocycles. The van der Waals surface area contributed by atoms with E-state index < -0.39 is 0 Å². The minimum Gasteiger partial charge on any atom is -0.366 e. The number of piperidine rings is 1. The number of anilines is 1. The molecule has 0 spiro atoms. The predicted molar refractivity (Wildman–Crippen MR) is 74.7 cm³/mol. The first-order valence-electron chi connectivity index (χ1n) is 6.95. The zero-order chi connectivity index (χ0) is 13.7. The highest BCUT2D eigenvalue weighted by Crippen LogP contribution is 2.16. The summed E-state index contributed by atoms with van der Waals surface area (Å²) in [6.45, 7) is 5.84. The fourth-order valence-electron chi connectivity index (χ4n) is 2.33. The van der Waals surface area contributed by atoms with Gasteiger partial charge in [-0.3, -0.25) is 9.78 Å². The first-order chi connectivity index (χ1) is 9.15. The fraction of sp³-hybridized carbons (Fsp3) is 0.643. The maximum Gasteiger partial charge on any atom is 0.222 e. The number of hydrogen-bond acceptors (Lipinski definition) is 4. The average molecular weight is 262 g/mol. The van der Waals surface area contributed by atoms with Crippen molar-refractivity contribution >= 4 is 11.7 Å². The molecule has 1 aromatic heterocycles. The number of amides is 1. The van der Waals surface area contributed by atoms with Crippen molar-refractivity contribution in [3.05, 3.63) is 18.6 Å². The molecule has 0 atom stereocenters. The lowest BCUT2D eigenvalue weighted by Crippen LogP contribution is -2.42. The highest BCUT2D eigenvalue weighted by molar-refractivity contribution is 5.76. The normalized spacial score (nSPS) is 16.7. The van der Waals surface area contributed by atoms with Crippen molar-refractivity contribution in [1.29, 1.82) is 0 Å². The lowest BCUT2D eigenvalue weighted by molar-refractivity contribution is -0.132. The zero-order valence-electron chi connectivity index (χ0n) is 11.7. The Morgan fingerprint density at radius 1 is 1.42 bits per heavy atom. The summed E-state index contributed by atoms with van der Waals surface area (Å²) in [7, 11) is 0. The van der Waals surface area contributed by atoms with Crippen LogP contribution in [0, 0.1) is 5.92 Å². The van der Waals surface area contributed by atoms with Crippen LogP contribution in [0.1, 0.15) is 33.1 Å². The second kappa shape index (κ2) is 6.50. The lowest BCUT2D eigenvalue weighted by atomic mass is 10.0. The number of carbonyl (C=O) groups is 1.